The highest BCUT2D eigenvalue weighted by Crippen LogP contribution is 2.23. The maximum absolute atomic E-state index is 13.0. The third kappa shape index (κ3) is 5.19. The molecule has 1 aliphatic rings. The molecule has 0 bridgehead atoms. The first kappa shape index (κ1) is 21.7. The van der Waals surface area contributed by atoms with E-state index in [0.29, 0.717) is 23.7 Å². The second-order valence-corrected chi connectivity index (χ2v) is 8.27. The standard InChI is InChI=1S/C24H28N6O2/c1-29(21-10-6-3-7-11-21)24(32)19-12-14-20(15-13-19)26-23(31)22(30-17-25-27-28-30)16-18-8-4-2-5-9-18/h2,4-5,8-9,12-15,17,21-22H,3,6-7,10-11,16H2,1H3,(H,26,31). The summed E-state index contributed by atoms with van der Waals surface area (Å²) in [5.41, 5.74) is 2.25. The number of hydrogen-bond donors (Lipinski definition) is 1. The van der Waals surface area contributed by atoms with Gasteiger partial charge in [0.05, 0.1) is 0 Å². The Bertz CT molecular complexity index is 1010. The summed E-state index contributed by atoms with van der Waals surface area (Å²) in [5, 5.41) is 14.2. The maximum Gasteiger partial charge on any atom is 0.253 e. The van der Waals surface area contributed by atoms with Gasteiger partial charge in [0.25, 0.3) is 5.91 Å². The summed E-state index contributed by atoms with van der Waals surface area (Å²) in [6.45, 7) is 0. The third-order valence-electron chi connectivity index (χ3n) is 6.10. The number of nitrogens with one attached hydrogen (secondary N) is 1. The van der Waals surface area contributed by atoms with E-state index < -0.39 is 6.04 Å². The zero-order valence-corrected chi connectivity index (χ0v) is 18.2. The molecule has 8 nitrogen and oxygen atoms in total. The van der Waals surface area contributed by atoms with Gasteiger partial charge < -0.3 is 10.2 Å². The summed E-state index contributed by atoms with van der Waals surface area (Å²) in [5.74, 6) is -0.204. The number of rotatable bonds is 7. The molecule has 1 heterocycles. The summed E-state index contributed by atoms with van der Waals surface area (Å²) in [6.07, 6.45) is 7.64. The van der Waals surface area contributed by atoms with Gasteiger partial charge in [0, 0.05) is 30.8 Å². The minimum absolute atomic E-state index is 0.0189. The van der Waals surface area contributed by atoms with Gasteiger partial charge in [0.15, 0.2) is 0 Å². The highest BCUT2D eigenvalue weighted by Gasteiger charge is 2.24. The molecular weight excluding hydrogens is 404 g/mol. The van der Waals surface area contributed by atoms with Gasteiger partial charge in [0.1, 0.15) is 12.4 Å². The van der Waals surface area contributed by atoms with Crippen LogP contribution in [-0.4, -0.2) is 50.0 Å². The molecule has 1 aliphatic carbocycles. The van der Waals surface area contributed by atoms with E-state index in [0.717, 1.165) is 18.4 Å². The molecule has 1 fully saturated rings. The normalized spacial score (nSPS) is 15.2. The largest absolute Gasteiger partial charge is 0.339 e. The van der Waals surface area contributed by atoms with E-state index in [2.05, 4.69) is 20.8 Å². The summed E-state index contributed by atoms with van der Waals surface area (Å²) in [6, 6.07) is 16.5. The van der Waals surface area contributed by atoms with Crippen LogP contribution in [0.2, 0.25) is 0 Å². The molecule has 2 amide bonds. The number of carbonyl (C=O) groups is 2. The van der Waals surface area contributed by atoms with Crippen LogP contribution in [0.25, 0.3) is 0 Å². The summed E-state index contributed by atoms with van der Waals surface area (Å²) in [4.78, 5) is 27.8. The predicted molar refractivity (Wildman–Crippen MR) is 121 cm³/mol. The molecule has 0 aliphatic heterocycles. The lowest BCUT2D eigenvalue weighted by atomic mass is 9.94. The fourth-order valence-corrected chi connectivity index (χ4v) is 4.21. The number of nitrogens with zero attached hydrogens (tertiary/aromatic N) is 5. The highest BCUT2D eigenvalue weighted by atomic mass is 16.2. The van der Waals surface area contributed by atoms with Crippen LogP contribution in [0.4, 0.5) is 5.69 Å². The van der Waals surface area contributed by atoms with Gasteiger partial charge in [-0.15, -0.1) is 5.10 Å². The van der Waals surface area contributed by atoms with Crippen molar-refractivity contribution in [2.75, 3.05) is 12.4 Å². The Labute approximate surface area is 187 Å². The van der Waals surface area contributed by atoms with Crippen LogP contribution >= 0.6 is 0 Å². The summed E-state index contributed by atoms with van der Waals surface area (Å²) in [7, 11) is 1.88. The van der Waals surface area contributed by atoms with Crippen LogP contribution in [-0.2, 0) is 11.2 Å². The zero-order chi connectivity index (χ0) is 22.3. The number of aromatic nitrogens is 4. The van der Waals surface area contributed by atoms with Crippen molar-refractivity contribution in [2.45, 2.75) is 50.6 Å². The molecule has 1 aromatic heterocycles. The first-order valence-electron chi connectivity index (χ1n) is 11.1. The molecule has 1 N–H and O–H groups in total. The van der Waals surface area contributed by atoms with Crippen LogP contribution in [0.5, 0.6) is 0 Å². The Kier molecular flexibility index (Phi) is 6.89. The Hall–Kier alpha value is -3.55. The van der Waals surface area contributed by atoms with Crippen molar-refractivity contribution in [3.05, 3.63) is 72.1 Å². The summed E-state index contributed by atoms with van der Waals surface area (Å²) < 4.78 is 1.46. The lowest BCUT2D eigenvalue weighted by Gasteiger charge is -2.31. The molecule has 32 heavy (non-hydrogen) atoms. The molecule has 0 spiro atoms. The van der Waals surface area contributed by atoms with E-state index in [-0.39, 0.29) is 11.8 Å². The van der Waals surface area contributed by atoms with E-state index >= 15 is 0 Å². The molecular formula is C24H28N6O2. The number of anilines is 1. The first-order valence-corrected chi connectivity index (χ1v) is 11.1. The number of tetrazole rings is 1. The van der Waals surface area contributed by atoms with E-state index in [1.165, 1.54) is 30.3 Å². The van der Waals surface area contributed by atoms with Gasteiger partial charge in [-0.1, -0.05) is 49.6 Å². The number of hydrogen-bond acceptors (Lipinski definition) is 5. The number of carbonyl (C=O) groups excluding carboxylic acids is 2. The minimum atomic E-state index is -0.592. The first-order chi connectivity index (χ1) is 15.6. The van der Waals surface area contributed by atoms with E-state index in [9.17, 15) is 9.59 Å². The van der Waals surface area contributed by atoms with Crippen LogP contribution in [0.1, 0.15) is 54.1 Å². The van der Waals surface area contributed by atoms with E-state index in [4.69, 9.17) is 0 Å². The zero-order valence-electron chi connectivity index (χ0n) is 18.2. The average molecular weight is 433 g/mol. The Morgan fingerprint density at radius 1 is 1.06 bits per heavy atom. The van der Waals surface area contributed by atoms with Crippen molar-refractivity contribution in [1.29, 1.82) is 0 Å². The molecule has 8 heteroatoms. The van der Waals surface area contributed by atoms with Crippen molar-refractivity contribution >= 4 is 17.5 Å². The van der Waals surface area contributed by atoms with Gasteiger partial charge in [-0.2, -0.15) is 0 Å². The second kappa shape index (κ2) is 10.2. The Morgan fingerprint density at radius 2 is 1.78 bits per heavy atom. The maximum atomic E-state index is 13.0. The van der Waals surface area contributed by atoms with Crippen molar-refractivity contribution in [3.63, 3.8) is 0 Å². The predicted octanol–water partition coefficient (Wildman–Crippen LogP) is 3.50. The van der Waals surface area contributed by atoms with Gasteiger partial charge in [-0.3, -0.25) is 9.59 Å². The summed E-state index contributed by atoms with van der Waals surface area (Å²) >= 11 is 0. The number of amides is 2. The molecule has 4 rings (SSSR count). The smallest absolute Gasteiger partial charge is 0.253 e. The van der Waals surface area contributed by atoms with Crippen LogP contribution in [0.3, 0.4) is 0 Å². The van der Waals surface area contributed by atoms with Crippen molar-refractivity contribution < 1.29 is 9.59 Å². The number of benzene rings is 2. The topological polar surface area (TPSA) is 93.0 Å². The van der Waals surface area contributed by atoms with Gasteiger partial charge in [-0.25, -0.2) is 4.68 Å². The van der Waals surface area contributed by atoms with E-state index in [1.54, 1.807) is 24.3 Å². The van der Waals surface area contributed by atoms with Crippen LogP contribution in [0.15, 0.2) is 60.9 Å². The quantitative estimate of drug-likeness (QED) is 0.617. The van der Waals surface area contributed by atoms with Crippen molar-refractivity contribution in [2.24, 2.45) is 0 Å². The fourth-order valence-electron chi connectivity index (χ4n) is 4.21. The highest BCUT2D eigenvalue weighted by molar-refractivity contribution is 5.96. The molecule has 0 saturated heterocycles. The molecule has 1 atom stereocenters. The SMILES string of the molecule is CN(C(=O)c1ccc(NC(=O)C(Cc2ccccc2)n2cnnn2)cc1)C1CCCCC1. The van der Waals surface area contributed by atoms with Crippen LogP contribution in [0, 0.1) is 0 Å². The molecule has 0 radical (unpaired) electrons. The van der Waals surface area contributed by atoms with Crippen molar-refractivity contribution in [3.8, 4) is 0 Å². The Balaban J connectivity index is 1.43. The van der Waals surface area contributed by atoms with Gasteiger partial charge in [0.2, 0.25) is 5.91 Å². The molecule has 166 valence electrons. The monoisotopic (exact) mass is 432 g/mol. The Morgan fingerprint density at radius 3 is 2.44 bits per heavy atom. The van der Waals surface area contributed by atoms with Gasteiger partial charge in [-0.05, 0) is 53.1 Å². The lowest BCUT2D eigenvalue weighted by molar-refractivity contribution is -0.119. The molecule has 1 saturated carbocycles. The van der Waals surface area contributed by atoms with Crippen LogP contribution < -0.4 is 5.32 Å². The van der Waals surface area contributed by atoms with E-state index in [1.807, 2.05) is 42.3 Å². The molecule has 3 aromatic rings. The van der Waals surface area contributed by atoms with Gasteiger partial charge >= 0.3 is 0 Å². The average Bonchev–Trinajstić information content (AvgIpc) is 3.38. The fraction of sp³-hybridized carbons (Fsp3) is 0.375. The second-order valence-electron chi connectivity index (χ2n) is 8.27. The minimum Gasteiger partial charge on any atom is -0.339 e. The molecule has 2 aromatic carbocycles. The van der Waals surface area contributed by atoms with Crippen molar-refractivity contribution in [1.82, 2.24) is 25.1 Å². The third-order valence-corrected chi connectivity index (χ3v) is 6.10. The molecule has 1 unspecified atom stereocenters. The lowest BCUT2D eigenvalue weighted by Crippen LogP contribution is -2.38.